The molecule has 1 aliphatic rings. The minimum absolute atomic E-state index is 0.0868. The zero-order chi connectivity index (χ0) is 38.4. The predicted octanol–water partition coefficient (Wildman–Crippen LogP) is 6.57. The summed E-state index contributed by atoms with van der Waals surface area (Å²) in [6.45, 7) is 12.6. The van der Waals surface area contributed by atoms with Crippen LogP contribution in [0.25, 0.3) is 33.3 Å². The van der Waals surface area contributed by atoms with Crippen LogP contribution in [0.5, 0.6) is 0 Å². The minimum Gasteiger partial charge on any atom is -0.384 e. The minimum atomic E-state index is -0.707. The van der Waals surface area contributed by atoms with Crippen molar-refractivity contribution in [1.29, 1.82) is 0 Å². The summed E-state index contributed by atoms with van der Waals surface area (Å²) in [5.41, 5.74) is 11.7. The number of aromatic nitrogens is 2. The van der Waals surface area contributed by atoms with E-state index < -0.39 is 6.04 Å². The van der Waals surface area contributed by atoms with Gasteiger partial charge in [-0.15, -0.1) is 0 Å². The van der Waals surface area contributed by atoms with Crippen molar-refractivity contribution >= 4 is 22.7 Å². The Morgan fingerprint density at radius 2 is 1.77 bits per heavy atom. The fourth-order valence-electron chi connectivity index (χ4n) is 7.96. The molecule has 53 heavy (non-hydrogen) atoms. The van der Waals surface area contributed by atoms with Gasteiger partial charge in [-0.1, -0.05) is 58.0 Å². The molecular weight excluding hydrogens is 665 g/mol. The first-order valence-electron chi connectivity index (χ1n) is 19.0. The van der Waals surface area contributed by atoms with Gasteiger partial charge in [0.2, 0.25) is 5.91 Å². The summed E-state index contributed by atoms with van der Waals surface area (Å²) in [6, 6.07) is 18.1. The average Bonchev–Trinajstić information content (AvgIpc) is 3.39. The molecule has 3 unspecified atom stereocenters. The Morgan fingerprint density at radius 1 is 1.02 bits per heavy atom. The van der Waals surface area contributed by atoms with Crippen molar-refractivity contribution in [2.24, 2.45) is 18.4 Å². The Kier molecular flexibility index (Phi) is 13.1. The Hall–Kier alpha value is -4.09. The van der Waals surface area contributed by atoms with E-state index in [1.165, 1.54) is 10.9 Å². The number of benzene rings is 2. The molecule has 4 aromatic rings. The fourth-order valence-corrected chi connectivity index (χ4v) is 7.96. The summed E-state index contributed by atoms with van der Waals surface area (Å²) in [5.74, 6) is -0.157. The normalized spacial score (nSPS) is 15.6. The number of hydrogen-bond acceptors (Lipinski definition) is 7. The molecule has 0 radical (unpaired) electrons. The molecule has 286 valence electrons. The monoisotopic (exact) mass is 724 g/mol. The van der Waals surface area contributed by atoms with Crippen molar-refractivity contribution in [2.45, 2.75) is 78.5 Å². The van der Waals surface area contributed by atoms with Gasteiger partial charge in [0.1, 0.15) is 6.04 Å². The van der Waals surface area contributed by atoms with Crippen LogP contribution in [0.4, 0.5) is 0 Å². The van der Waals surface area contributed by atoms with Gasteiger partial charge < -0.3 is 19.4 Å². The molecule has 2 aromatic carbocycles. The summed E-state index contributed by atoms with van der Waals surface area (Å²) in [4.78, 5) is 34.3. The standard InChI is InChI=1S/C43H60N6O4/c1-28(2)39(47(6)7)41(50)46-36(42(51)49-22-12-11-21-45-49)24-30-15-13-16-31(23-30)32-18-19-37-34(25-32)35(26-43(4,5)27-52-9)40(48(37)8)33-17-14-20-44-38(33)29(3)53-10/h13-20,23,25,28-29,36,39,45H,11-12,21-22,24,26-27H2,1-10H3,(H,46,50). The molecule has 0 bridgehead atoms. The third kappa shape index (κ3) is 9.18. The van der Waals surface area contributed by atoms with Crippen LogP contribution in [0.2, 0.25) is 0 Å². The summed E-state index contributed by atoms with van der Waals surface area (Å²) < 4.78 is 13.7. The Labute approximate surface area is 316 Å². The highest BCUT2D eigenvalue weighted by Crippen LogP contribution is 2.41. The van der Waals surface area contributed by atoms with Gasteiger partial charge in [-0.25, -0.2) is 5.43 Å². The zero-order valence-corrected chi connectivity index (χ0v) is 33.5. The van der Waals surface area contributed by atoms with Crippen molar-refractivity contribution in [3.63, 3.8) is 0 Å². The highest BCUT2D eigenvalue weighted by molar-refractivity contribution is 5.95. The number of hydrazine groups is 1. The van der Waals surface area contributed by atoms with E-state index in [1.807, 2.05) is 64.2 Å². The molecule has 10 heteroatoms. The molecular formula is C43H60N6O4. The van der Waals surface area contributed by atoms with E-state index in [0.29, 0.717) is 19.6 Å². The maximum absolute atomic E-state index is 13.9. The topological polar surface area (TPSA) is 101 Å². The van der Waals surface area contributed by atoms with Gasteiger partial charge in [-0.3, -0.25) is 24.5 Å². The molecule has 3 atom stereocenters. The molecule has 2 N–H and O–H groups in total. The third-order valence-corrected chi connectivity index (χ3v) is 10.5. The number of rotatable bonds is 15. The zero-order valence-electron chi connectivity index (χ0n) is 33.5. The van der Waals surface area contributed by atoms with Crippen LogP contribution in [0.1, 0.15) is 70.4 Å². The number of hydrogen-bond donors (Lipinski definition) is 2. The molecule has 10 nitrogen and oxygen atoms in total. The Bertz CT molecular complexity index is 1870. The highest BCUT2D eigenvalue weighted by atomic mass is 16.5. The van der Waals surface area contributed by atoms with E-state index >= 15 is 0 Å². The number of nitrogens with one attached hydrogen (secondary N) is 2. The number of methoxy groups -OCH3 is 2. The molecule has 1 aliphatic heterocycles. The van der Waals surface area contributed by atoms with E-state index in [1.54, 1.807) is 19.2 Å². The van der Waals surface area contributed by atoms with Gasteiger partial charge in [-0.2, -0.15) is 0 Å². The molecule has 0 saturated carbocycles. The van der Waals surface area contributed by atoms with Gasteiger partial charge in [0.25, 0.3) is 5.91 Å². The highest BCUT2D eigenvalue weighted by Gasteiger charge is 2.32. The van der Waals surface area contributed by atoms with E-state index in [2.05, 4.69) is 72.6 Å². The quantitative estimate of drug-likeness (QED) is 0.143. The molecule has 1 saturated heterocycles. The van der Waals surface area contributed by atoms with E-state index in [4.69, 9.17) is 14.5 Å². The summed E-state index contributed by atoms with van der Waals surface area (Å²) in [6.07, 6.45) is 4.79. The van der Waals surface area contributed by atoms with Crippen LogP contribution in [0.15, 0.2) is 60.8 Å². The third-order valence-electron chi connectivity index (χ3n) is 10.5. The number of fused-ring (bicyclic) bond motifs is 1. The number of likely N-dealkylation sites (N-methyl/N-ethyl adjacent to an activating group) is 1. The maximum atomic E-state index is 13.9. The predicted molar refractivity (Wildman–Crippen MR) is 213 cm³/mol. The maximum Gasteiger partial charge on any atom is 0.259 e. The first-order valence-corrected chi connectivity index (χ1v) is 19.0. The van der Waals surface area contributed by atoms with Gasteiger partial charge in [-0.05, 0) is 98.1 Å². The van der Waals surface area contributed by atoms with Crippen LogP contribution in [-0.4, -0.2) is 91.4 Å². The van der Waals surface area contributed by atoms with Gasteiger partial charge in [0, 0.05) is 63.4 Å². The lowest BCUT2D eigenvalue weighted by Crippen LogP contribution is -2.58. The number of pyridine rings is 1. The lowest BCUT2D eigenvalue weighted by Gasteiger charge is -2.33. The number of ether oxygens (including phenoxy) is 2. The van der Waals surface area contributed by atoms with Crippen LogP contribution < -0.4 is 10.7 Å². The largest absolute Gasteiger partial charge is 0.384 e. The van der Waals surface area contributed by atoms with Crippen molar-refractivity contribution in [3.8, 4) is 22.4 Å². The second-order valence-electron chi connectivity index (χ2n) is 15.9. The first-order chi connectivity index (χ1) is 25.3. The van der Waals surface area contributed by atoms with Crippen molar-refractivity contribution < 1.29 is 19.1 Å². The molecule has 0 aliphatic carbocycles. The summed E-state index contributed by atoms with van der Waals surface area (Å²) in [5, 5.41) is 6.01. The second kappa shape index (κ2) is 17.4. The molecule has 3 heterocycles. The number of carbonyl (C=O) groups excluding carboxylic acids is 2. The Balaban J connectivity index is 1.56. The van der Waals surface area contributed by atoms with Gasteiger partial charge in [0.05, 0.1) is 30.1 Å². The molecule has 0 spiro atoms. The molecule has 1 fully saturated rings. The first kappa shape index (κ1) is 40.1. The fraction of sp³-hybridized carbons (Fsp3) is 0.512. The molecule has 2 aromatic heterocycles. The molecule has 5 rings (SSSR count). The van der Waals surface area contributed by atoms with Crippen LogP contribution in [0.3, 0.4) is 0 Å². The SMILES string of the molecule is COCC(C)(C)Cc1c(-c2cccnc2C(C)OC)n(C)c2ccc(-c3cccc(CC(NC(=O)C(C(C)C)N(C)C)C(=O)N4CCCCN4)c3)cc12. The van der Waals surface area contributed by atoms with Crippen LogP contribution >= 0.6 is 0 Å². The van der Waals surface area contributed by atoms with Gasteiger partial charge in [0.15, 0.2) is 0 Å². The number of amides is 2. The number of carbonyl (C=O) groups is 2. The summed E-state index contributed by atoms with van der Waals surface area (Å²) >= 11 is 0. The Morgan fingerprint density at radius 3 is 2.43 bits per heavy atom. The lowest BCUT2D eigenvalue weighted by atomic mass is 9.84. The second-order valence-corrected chi connectivity index (χ2v) is 15.9. The van der Waals surface area contributed by atoms with Crippen LogP contribution in [-0.2, 0) is 39.0 Å². The van der Waals surface area contributed by atoms with Crippen molar-refractivity contribution in [3.05, 3.63) is 77.6 Å². The number of nitrogens with zero attached hydrogens (tertiary/aromatic N) is 4. The molecule has 2 amide bonds. The smallest absolute Gasteiger partial charge is 0.259 e. The van der Waals surface area contributed by atoms with Crippen LogP contribution in [0, 0.1) is 11.3 Å². The summed E-state index contributed by atoms with van der Waals surface area (Å²) in [7, 11) is 9.41. The van der Waals surface area contributed by atoms with Crippen molar-refractivity contribution in [1.82, 2.24) is 30.2 Å². The van der Waals surface area contributed by atoms with E-state index in [0.717, 1.165) is 65.0 Å². The number of aryl methyl sites for hydroxylation is 1. The van der Waals surface area contributed by atoms with Crippen molar-refractivity contribution in [2.75, 3.05) is 48.0 Å². The van der Waals surface area contributed by atoms with E-state index in [-0.39, 0.29) is 35.3 Å². The lowest BCUT2D eigenvalue weighted by molar-refractivity contribution is -0.141. The average molecular weight is 725 g/mol. The van der Waals surface area contributed by atoms with E-state index in [9.17, 15) is 9.59 Å². The van der Waals surface area contributed by atoms with Gasteiger partial charge >= 0.3 is 0 Å².